The fourth-order valence-electron chi connectivity index (χ4n) is 4.01. The standard InChI is InChI=1S/C25H38N8OS/c1-4-20-18-22(7-6-21(20)19-32-14-12-31(3)13-15-32)29-25(34)28-9-5-11-33(16-17-35)23-8-10-27-24(26-2)30-23/h4,6-8,10,18,35H,1,5,9,11-17,19H2,2-3H3,(H,26,27,30)(H2,28,29,34). The highest BCUT2D eigenvalue weighted by atomic mass is 32.1. The van der Waals surface area contributed by atoms with Gasteiger partial charge in [-0.2, -0.15) is 17.6 Å². The molecule has 0 unspecified atom stereocenters. The summed E-state index contributed by atoms with van der Waals surface area (Å²) in [5.74, 6) is 2.14. The lowest BCUT2D eigenvalue weighted by molar-refractivity contribution is 0.148. The van der Waals surface area contributed by atoms with Crippen LogP contribution < -0.4 is 20.9 Å². The van der Waals surface area contributed by atoms with Gasteiger partial charge in [-0.3, -0.25) is 4.90 Å². The van der Waals surface area contributed by atoms with Crippen LogP contribution in [0.2, 0.25) is 0 Å². The Morgan fingerprint density at radius 1 is 1.23 bits per heavy atom. The minimum Gasteiger partial charge on any atom is -0.357 e. The molecule has 2 heterocycles. The van der Waals surface area contributed by atoms with Crippen molar-refractivity contribution in [1.82, 2.24) is 25.1 Å². The normalized spacial score (nSPS) is 14.4. The predicted octanol–water partition coefficient (Wildman–Crippen LogP) is 2.86. The van der Waals surface area contributed by atoms with E-state index in [2.05, 4.69) is 72.9 Å². The number of aromatic nitrogens is 2. The Bertz CT molecular complexity index is 964. The highest BCUT2D eigenvalue weighted by Gasteiger charge is 2.15. The number of nitrogens with one attached hydrogen (secondary N) is 3. The van der Waals surface area contributed by atoms with E-state index in [0.29, 0.717) is 18.2 Å². The second-order valence-corrected chi connectivity index (χ2v) is 9.08. The van der Waals surface area contributed by atoms with Gasteiger partial charge in [-0.05, 0) is 42.8 Å². The first kappa shape index (κ1) is 26.8. The SMILES string of the molecule is C=Cc1cc(NC(=O)NCCCN(CCS)c2ccnc(NC)n2)ccc1CN1CCN(C)CC1. The van der Waals surface area contributed by atoms with Crippen molar-refractivity contribution >= 4 is 42.2 Å². The topological polar surface area (TPSA) is 88.7 Å². The van der Waals surface area contributed by atoms with Crippen molar-refractivity contribution in [3.63, 3.8) is 0 Å². The maximum atomic E-state index is 12.5. The molecule has 0 radical (unpaired) electrons. The summed E-state index contributed by atoms with van der Waals surface area (Å²) >= 11 is 4.36. The molecule has 0 bridgehead atoms. The Labute approximate surface area is 214 Å². The molecule has 2 aromatic rings. The van der Waals surface area contributed by atoms with E-state index < -0.39 is 0 Å². The molecule has 1 aromatic heterocycles. The van der Waals surface area contributed by atoms with Gasteiger partial charge in [0.25, 0.3) is 0 Å². The molecule has 10 heteroatoms. The number of amides is 2. The number of rotatable bonds is 12. The molecule has 1 aliphatic heterocycles. The minimum absolute atomic E-state index is 0.216. The summed E-state index contributed by atoms with van der Waals surface area (Å²) in [7, 11) is 3.96. The fraction of sp³-hybridized carbons (Fsp3) is 0.480. The molecule has 0 spiro atoms. The molecule has 1 aliphatic rings. The fourth-order valence-corrected chi connectivity index (χ4v) is 4.25. The van der Waals surface area contributed by atoms with Gasteiger partial charge in [0.2, 0.25) is 5.95 Å². The highest BCUT2D eigenvalue weighted by Crippen LogP contribution is 2.20. The molecular weight excluding hydrogens is 460 g/mol. The Hall–Kier alpha value is -2.82. The van der Waals surface area contributed by atoms with Crippen molar-refractivity contribution < 1.29 is 4.79 Å². The number of carbonyl (C=O) groups excluding carboxylic acids is 1. The number of likely N-dealkylation sites (N-methyl/N-ethyl adjacent to an activating group) is 1. The summed E-state index contributed by atoms with van der Waals surface area (Å²) in [6.07, 6.45) is 4.37. The summed E-state index contributed by atoms with van der Waals surface area (Å²) in [6.45, 7) is 11.2. The molecule has 1 fully saturated rings. The number of anilines is 3. The van der Waals surface area contributed by atoms with Gasteiger partial charge >= 0.3 is 6.03 Å². The Balaban J connectivity index is 1.46. The zero-order valence-corrected chi connectivity index (χ0v) is 21.7. The van der Waals surface area contributed by atoms with Crippen LogP contribution in [0.3, 0.4) is 0 Å². The molecule has 0 saturated carbocycles. The van der Waals surface area contributed by atoms with Gasteiger partial charge in [0.05, 0.1) is 0 Å². The highest BCUT2D eigenvalue weighted by molar-refractivity contribution is 7.80. The van der Waals surface area contributed by atoms with Crippen LogP contribution in [0.1, 0.15) is 17.5 Å². The quantitative estimate of drug-likeness (QED) is 0.264. The first-order valence-corrected chi connectivity index (χ1v) is 12.7. The molecule has 3 rings (SSSR count). The largest absolute Gasteiger partial charge is 0.357 e. The summed E-state index contributed by atoms with van der Waals surface area (Å²) in [4.78, 5) is 28.1. The molecule has 2 amide bonds. The predicted molar refractivity (Wildman–Crippen MR) is 149 cm³/mol. The molecule has 35 heavy (non-hydrogen) atoms. The van der Waals surface area contributed by atoms with Gasteiger partial charge < -0.3 is 25.8 Å². The van der Waals surface area contributed by atoms with Gasteiger partial charge in [0.15, 0.2) is 0 Å². The number of hydrogen-bond acceptors (Lipinski definition) is 8. The molecule has 3 N–H and O–H groups in total. The average molecular weight is 499 g/mol. The van der Waals surface area contributed by atoms with Crippen LogP contribution in [0.25, 0.3) is 6.08 Å². The first-order valence-electron chi connectivity index (χ1n) is 12.1. The van der Waals surface area contributed by atoms with E-state index >= 15 is 0 Å². The average Bonchev–Trinajstić information content (AvgIpc) is 2.88. The van der Waals surface area contributed by atoms with Crippen LogP contribution in [-0.2, 0) is 6.54 Å². The Kier molecular flexibility index (Phi) is 10.6. The van der Waals surface area contributed by atoms with Gasteiger partial charge in [-0.15, -0.1) is 0 Å². The molecule has 0 aliphatic carbocycles. The van der Waals surface area contributed by atoms with E-state index in [0.717, 1.165) is 69.3 Å². The summed E-state index contributed by atoms with van der Waals surface area (Å²) in [5, 5.41) is 8.85. The van der Waals surface area contributed by atoms with Gasteiger partial charge in [0, 0.05) is 77.0 Å². The molecule has 0 atom stereocenters. The van der Waals surface area contributed by atoms with Crippen molar-refractivity contribution in [2.24, 2.45) is 0 Å². The van der Waals surface area contributed by atoms with Crippen LogP contribution in [0.5, 0.6) is 0 Å². The van der Waals surface area contributed by atoms with E-state index in [4.69, 9.17) is 0 Å². The lowest BCUT2D eigenvalue weighted by Crippen LogP contribution is -2.43. The number of urea groups is 1. The zero-order chi connectivity index (χ0) is 25.0. The summed E-state index contributed by atoms with van der Waals surface area (Å²) < 4.78 is 0. The van der Waals surface area contributed by atoms with E-state index in [1.807, 2.05) is 24.3 Å². The van der Waals surface area contributed by atoms with Crippen molar-refractivity contribution in [3.8, 4) is 0 Å². The number of piperazine rings is 1. The second-order valence-electron chi connectivity index (χ2n) is 8.63. The number of benzene rings is 1. The smallest absolute Gasteiger partial charge is 0.319 e. The van der Waals surface area contributed by atoms with Crippen LogP contribution >= 0.6 is 12.6 Å². The number of carbonyl (C=O) groups is 1. The molecule has 190 valence electrons. The number of nitrogens with zero attached hydrogens (tertiary/aromatic N) is 5. The van der Waals surface area contributed by atoms with Crippen LogP contribution in [0, 0.1) is 0 Å². The zero-order valence-electron chi connectivity index (χ0n) is 20.8. The van der Waals surface area contributed by atoms with E-state index in [9.17, 15) is 4.79 Å². The third-order valence-electron chi connectivity index (χ3n) is 6.06. The van der Waals surface area contributed by atoms with Crippen LogP contribution in [-0.4, -0.2) is 91.5 Å². The third-order valence-corrected chi connectivity index (χ3v) is 6.26. The van der Waals surface area contributed by atoms with Gasteiger partial charge in [0.1, 0.15) is 5.82 Å². The second kappa shape index (κ2) is 13.9. The van der Waals surface area contributed by atoms with Crippen LogP contribution in [0.4, 0.5) is 22.2 Å². The maximum Gasteiger partial charge on any atom is 0.319 e. The van der Waals surface area contributed by atoms with Crippen molar-refractivity contribution in [2.75, 3.05) is 81.2 Å². The molecule has 1 aromatic carbocycles. The van der Waals surface area contributed by atoms with Crippen molar-refractivity contribution in [1.29, 1.82) is 0 Å². The molecule has 9 nitrogen and oxygen atoms in total. The summed E-state index contributed by atoms with van der Waals surface area (Å²) in [5.41, 5.74) is 3.04. The summed E-state index contributed by atoms with van der Waals surface area (Å²) in [6, 6.07) is 7.70. The monoisotopic (exact) mass is 498 g/mol. The van der Waals surface area contributed by atoms with E-state index in [1.165, 1.54) is 5.56 Å². The van der Waals surface area contributed by atoms with E-state index in [1.54, 1.807) is 13.2 Å². The molecule has 1 saturated heterocycles. The van der Waals surface area contributed by atoms with Crippen molar-refractivity contribution in [2.45, 2.75) is 13.0 Å². The Morgan fingerprint density at radius 3 is 2.74 bits per heavy atom. The van der Waals surface area contributed by atoms with Gasteiger partial charge in [-0.1, -0.05) is 18.7 Å². The Morgan fingerprint density at radius 2 is 2.03 bits per heavy atom. The lowest BCUT2D eigenvalue weighted by Gasteiger charge is -2.32. The number of thiol groups is 1. The van der Waals surface area contributed by atoms with Crippen LogP contribution in [0.15, 0.2) is 37.0 Å². The maximum absolute atomic E-state index is 12.5. The first-order chi connectivity index (χ1) is 17.0. The van der Waals surface area contributed by atoms with Gasteiger partial charge in [-0.25, -0.2) is 9.78 Å². The third kappa shape index (κ3) is 8.41. The van der Waals surface area contributed by atoms with E-state index in [-0.39, 0.29) is 6.03 Å². The lowest BCUT2D eigenvalue weighted by atomic mass is 10.1. The minimum atomic E-state index is -0.216. The van der Waals surface area contributed by atoms with Crippen molar-refractivity contribution in [3.05, 3.63) is 48.2 Å². The number of hydrogen-bond donors (Lipinski definition) is 4. The molecular formula is C25H38N8OS.